The maximum absolute atomic E-state index is 12.0. The number of rotatable bonds is 7. The Morgan fingerprint density at radius 2 is 2.16 bits per heavy atom. The minimum absolute atomic E-state index is 0.206. The second kappa shape index (κ2) is 6.67. The zero-order valence-electron chi connectivity index (χ0n) is 11.3. The molecule has 1 amide bonds. The highest BCUT2D eigenvalue weighted by atomic mass is 32.2. The van der Waals surface area contributed by atoms with Crippen LogP contribution in [0, 0.1) is 5.92 Å². The van der Waals surface area contributed by atoms with Gasteiger partial charge in [-0.3, -0.25) is 9.89 Å². The number of hydrogen-bond acceptors (Lipinski definition) is 4. The molecule has 1 atom stereocenters. The van der Waals surface area contributed by atoms with E-state index in [1.165, 1.54) is 0 Å². The molecule has 0 bridgehead atoms. The Hall–Kier alpha value is -1.41. The molecule has 0 aliphatic heterocycles. The predicted molar refractivity (Wildman–Crippen MR) is 71.7 cm³/mol. The first-order valence-electron chi connectivity index (χ1n) is 6.01. The predicted octanol–water partition coefficient (Wildman–Crippen LogP) is -0.0102. The van der Waals surface area contributed by atoms with Gasteiger partial charge in [0.2, 0.25) is 15.9 Å². The number of nitrogens with zero attached hydrogens (tertiary/aromatic N) is 1. The molecular formula is C11H20N4O3S. The van der Waals surface area contributed by atoms with Gasteiger partial charge in [0.15, 0.2) is 0 Å². The van der Waals surface area contributed by atoms with Crippen molar-refractivity contribution in [3.63, 3.8) is 0 Å². The minimum Gasteiger partial charge on any atom is -0.349 e. The average molecular weight is 288 g/mol. The van der Waals surface area contributed by atoms with Crippen molar-refractivity contribution in [2.24, 2.45) is 5.92 Å². The van der Waals surface area contributed by atoms with Crippen LogP contribution in [0.5, 0.6) is 0 Å². The number of carbonyl (C=O) groups excluding carboxylic acids is 1. The van der Waals surface area contributed by atoms with Crippen LogP contribution in [0.4, 0.5) is 0 Å². The number of carbonyl (C=O) groups is 1. The summed E-state index contributed by atoms with van der Waals surface area (Å²) in [6.45, 7) is 4.15. The Kier molecular flexibility index (Phi) is 5.49. The molecule has 0 radical (unpaired) electrons. The van der Waals surface area contributed by atoms with Gasteiger partial charge in [0.25, 0.3) is 0 Å². The maximum atomic E-state index is 12.0. The van der Waals surface area contributed by atoms with Crippen molar-refractivity contribution in [2.75, 3.05) is 6.26 Å². The molecule has 1 aromatic rings. The Morgan fingerprint density at radius 1 is 1.47 bits per heavy atom. The molecule has 1 unspecified atom stereocenters. The number of aromatic amines is 1. The normalized spacial score (nSPS) is 13.5. The van der Waals surface area contributed by atoms with Gasteiger partial charge < -0.3 is 5.32 Å². The van der Waals surface area contributed by atoms with E-state index in [-0.39, 0.29) is 11.8 Å². The molecule has 0 aliphatic rings. The lowest BCUT2D eigenvalue weighted by Gasteiger charge is -2.18. The number of hydrogen-bond donors (Lipinski definition) is 3. The summed E-state index contributed by atoms with van der Waals surface area (Å²) in [6.07, 6.45) is 3.08. The summed E-state index contributed by atoms with van der Waals surface area (Å²) < 4.78 is 24.9. The highest BCUT2D eigenvalue weighted by Crippen LogP contribution is 2.06. The van der Waals surface area contributed by atoms with E-state index in [1.807, 2.05) is 13.8 Å². The molecule has 19 heavy (non-hydrogen) atoms. The van der Waals surface area contributed by atoms with Gasteiger partial charge in [-0.1, -0.05) is 13.8 Å². The third-order valence-electron chi connectivity index (χ3n) is 2.39. The third kappa shape index (κ3) is 6.35. The van der Waals surface area contributed by atoms with Gasteiger partial charge in [-0.2, -0.15) is 5.10 Å². The number of aromatic nitrogens is 2. The molecule has 0 aromatic carbocycles. The first kappa shape index (κ1) is 15.6. The van der Waals surface area contributed by atoms with Crippen molar-refractivity contribution in [3.8, 4) is 0 Å². The topological polar surface area (TPSA) is 104 Å². The van der Waals surface area contributed by atoms with Crippen LogP contribution in [0.15, 0.2) is 12.3 Å². The monoisotopic (exact) mass is 288 g/mol. The van der Waals surface area contributed by atoms with Crippen LogP contribution in [-0.4, -0.2) is 36.8 Å². The maximum Gasteiger partial charge on any atom is 0.238 e. The first-order valence-corrected chi connectivity index (χ1v) is 7.90. The largest absolute Gasteiger partial charge is 0.349 e. The van der Waals surface area contributed by atoms with Gasteiger partial charge in [0.05, 0.1) is 18.5 Å². The zero-order chi connectivity index (χ0) is 14.5. The van der Waals surface area contributed by atoms with Crippen LogP contribution in [0.3, 0.4) is 0 Å². The second-order valence-corrected chi connectivity index (χ2v) is 6.65. The molecule has 8 heteroatoms. The van der Waals surface area contributed by atoms with Crippen molar-refractivity contribution >= 4 is 15.9 Å². The Morgan fingerprint density at radius 3 is 2.63 bits per heavy atom. The van der Waals surface area contributed by atoms with Crippen LogP contribution >= 0.6 is 0 Å². The number of H-pyrrole nitrogens is 1. The van der Waals surface area contributed by atoms with Gasteiger partial charge in [0.1, 0.15) is 6.04 Å². The number of nitrogens with one attached hydrogen (secondary N) is 3. The lowest BCUT2D eigenvalue weighted by molar-refractivity contribution is -0.123. The van der Waals surface area contributed by atoms with Gasteiger partial charge in [-0.25, -0.2) is 13.1 Å². The smallest absolute Gasteiger partial charge is 0.238 e. The van der Waals surface area contributed by atoms with Gasteiger partial charge in [0, 0.05) is 6.20 Å². The molecule has 0 spiro atoms. The molecular weight excluding hydrogens is 268 g/mol. The molecule has 3 N–H and O–H groups in total. The van der Waals surface area contributed by atoms with Crippen LogP contribution in [-0.2, 0) is 21.4 Å². The molecule has 1 aromatic heterocycles. The van der Waals surface area contributed by atoms with Crippen molar-refractivity contribution in [1.29, 1.82) is 0 Å². The Balaban J connectivity index is 2.60. The van der Waals surface area contributed by atoms with E-state index < -0.39 is 16.1 Å². The van der Waals surface area contributed by atoms with Crippen molar-refractivity contribution in [3.05, 3.63) is 18.0 Å². The quantitative estimate of drug-likeness (QED) is 0.656. The molecule has 108 valence electrons. The van der Waals surface area contributed by atoms with E-state index in [1.54, 1.807) is 12.3 Å². The Bertz CT molecular complexity index is 496. The van der Waals surface area contributed by atoms with E-state index in [0.29, 0.717) is 13.0 Å². The summed E-state index contributed by atoms with van der Waals surface area (Å²) in [7, 11) is -3.42. The average Bonchev–Trinajstić information content (AvgIpc) is 2.75. The highest BCUT2D eigenvalue weighted by Gasteiger charge is 2.22. The molecule has 0 aliphatic carbocycles. The van der Waals surface area contributed by atoms with Crippen LogP contribution in [0.25, 0.3) is 0 Å². The van der Waals surface area contributed by atoms with Crippen LogP contribution in [0.2, 0.25) is 0 Å². The standard InChI is InChI=1S/C11H20N4O3S/c1-8(2)6-10(15-19(3,17)18)11(16)12-7-9-4-5-13-14-9/h4-5,8,10,15H,6-7H2,1-3H3,(H,12,16)(H,13,14). The summed E-state index contributed by atoms with van der Waals surface area (Å²) >= 11 is 0. The van der Waals surface area contributed by atoms with E-state index in [4.69, 9.17) is 0 Å². The molecule has 0 saturated carbocycles. The SMILES string of the molecule is CC(C)CC(NS(C)(=O)=O)C(=O)NCc1ccn[nH]1. The third-order valence-corrected chi connectivity index (χ3v) is 3.10. The molecule has 7 nitrogen and oxygen atoms in total. The van der Waals surface area contributed by atoms with Gasteiger partial charge in [-0.05, 0) is 18.4 Å². The number of amides is 1. The fourth-order valence-corrected chi connectivity index (χ4v) is 2.35. The van der Waals surface area contributed by atoms with Crippen molar-refractivity contribution in [2.45, 2.75) is 32.9 Å². The van der Waals surface area contributed by atoms with Crippen molar-refractivity contribution in [1.82, 2.24) is 20.2 Å². The summed E-state index contributed by atoms with van der Waals surface area (Å²) in [5.41, 5.74) is 0.760. The minimum atomic E-state index is -3.42. The first-order chi connectivity index (χ1) is 8.78. The summed E-state index contributed by atoms with van der Waals surface area (Å²) in [5.74, 6) is -0.133. The highest BCUT2D eigenvalue weighted by molar-refractivity contribution is 7.88. The second-order valence-electron chi connectivity index (χ2n) is 4.87. The van der Waals surface area contributed by atoms with Crippen molar-refractivity contribution < 1.29 is 13.2 Å². The number of sulfonamides is 1. The molecule has 1 heterocycles. The zero-order valence-corrected chi connectivity index (χ0v) is 12.1. The molecule has 1 rings (SSSR count). The summed E-state index contributed by atoms with van der Waals surface area (Å²) in [6, 6.07) is 0.986. The van der Waals surface area contributed by atoms with E-state index in [0.717, 1.165) is 11.9 Å². The van der Waals surface area contributed by atoms with Crippen LogP contribution < -0.4 is 10.0 Å². The molecule has 0 saturated heterocycles. The van der Waals surface area contributed by atoms with Gasteiger partial charge >= 0.3 is 0 Å². The lowest BCUT2D eigenvalue weighted by Crippen LogP contribution is -2.46. The van der Waals surface area contributed by atoms with E-state index in [9.17, 15) is 13.2 Å². The summed E-state index contributed by atoms with van der Waals surface area (Å²) in [4.78, 5) is 12.0. The van der Waals surface area contributed by atoms with E-state index >= 15 is 0 Å². The van der Waals surface area contributed by atoms with E-state index in [2.05, 4.69) is 20.2 Å². The lowest BCUT2D eigenvalue weighted by atomic mass is 10.0. The Labute approximate surface area is 113 Å². The van der Waals surface area contributed by atoms with Gasteiger partial charge in [-0.15, -0.1) is 0 Å². The molecule has 0 fully saturated rings. The fourth-order valence-electron chi connectivity index (χ4n) is 1.63. The fraction of sp³-hybridized carbons (Fsp3) is 0.636. The van der Waals surface area contributed by atoms with Crippen LogP contribution in [0.1, 0.15) is 26.0 Å². The summed E-state index contributed by atoms with van der Waals surface area (Å²) in [5, 5.41) is 9.16.